The number of nitrogens with zero attached hydrogens (tertiary/aromatic N) is 2. The lowest BCUT2D eigenvalue weighted by atomic mass is 10.1. The Labute approximate surface area is 184 Å². The molecule has 0 spiro atoms. The van der Waals surface area contributed by atoms with Crippen LogP contribution in [0, 0.1) is 16.0 Å². The van der Waals surface area contributed by atoms with Crippen molar-refractivity contribution in [1.82, 2.24) is 10.6 Å². The minimum absolute atomic E-state index is 0.0697. The molecule has 0 unspecified atom stereocenters. The second-order valence-electron chi connectivity index (χ2n) is 7.23. The maximum atomic E-state index is 12.6. The van der Waals surface area contributed by atoms with E-state index in [4.69, 9.17) is 21.9 Å². The number of hydrogen-bond donors (Lipinski definition) is 5. The number of benzene rings is 1. The van der Waals surface area contributed by atoms with E-state index in [0.717, 1.165) is 0 Å². The number of guanidine groups is 1. The summed E-state index contributed by atoms with van der Waals surface area (Å²) in [4.78, 5) is 50.7. The van der Waals surface area contributed by atoms with Crippen molar-refractivity contribution in [2.45, 2.75) is 38.8 Å². The van der Waals surface area contributed by atoms with Crippen LogP contribution in [0.4, 0.5) is 5.69 Å². The molecule has 0 radical (unpaired) electrons. The van der Waals surface area contributed by atoms with Gasteiger partial charge < -0.3 is 32.6 Å². The zero-order chi connectivity index (χ0) is 24.3. The molecule has 13 heteroatoms. The highest BCUT2D eigenvalue weighted by Gasteiger charge is 2.24. The molecule has 0 aliphatic heterocycles. The number of nitrogens with one attached hydrogen (secondary N) is 2. The second kappa shape index (κ2) is 12.8. The molecular formula is C19H29N7O6. The van der Waals surface area contributed by atoms with Crippen molar-refractivity contribution in [3.05, 3.63) is 34.4 Å². The summed E-state index contributed by atoms with van der Waals surface area (Å²) in [6.07, 6.45) is 0.497. The highest BCUT2D eigenvalue weighted by atomic mass is 16.6. The third kappa shape index (κ3) is 9.38. The summed E-state index contributed by atoms with van der Waals surface area (Å²) < 4.78 is 5.22. The third-order valence-electron chi connectivity index (χ3n) is 4.28. The highest BCUT2D eigenvalue weighted by molar-refractivity contribution is 5.90. The van der Waals surface area contributed by atoms with Crippen LogP contribution in [-0.4, -0.2) is 53.8 Å². The zero-order valence-corrected chi connectivity index (χ0v) is 17.9. The fourth-order valence-corrected chi connectivity index (χ4v) is 2.41. The number of nitro groups is 1. The van der Waals surface area contributed by atoms with Crippen molar-refractivity contribution >= 4 is 29.4 Å². The van der Waals surface area contributed by atoms with E-state index >= 15 is 0 Å². The van der Waals surface area contributed by atoms with Crippen LogP contribution in [0.15, 0.2) is 29.3 Å². The minimum Gasteiger partial charge on any atom is -0.425 e. The Bertz CT molecular complexity index is 837. The number of non-ortho nitro benzene ring substituents is 1. The molecule has 0 fully saturated rings. The maximum absolute atomic E-state index is 12.6. The van der Waals surface area contributed by atoms with Crippen LogP contribution in [0.1, 0.15) is 26.7 Å². The van der Waals surface area contributed by atoms with Gasteiger partial charge in [-0.3, -0.25) is 24.7 Å². The molecule has 2 amide bonds. The molecule has 0 saturated carbocycles. The van der Waals surface area contributed by atoms with Gasteiger partial charge in [0, 0.05) is 18.7 Å². The Hall–Kier alpha value is -3.74. The van der Waals surface area contributed by atoms with E-state index in [9.17, 15) is 24.5 Å². The first-order valence-electron chi connectivity index (χ1n) is 9.85. The van der Waals surface area contributed by atoms with E-state index in [1.165, 1.54) is 24.3 Å². The van der Waals surface area contributed by atoms with Gasteiger partial charge in [0.15, 0.2) is 5.96 Å². The van der Waals surface area contributed by atoms with Crippen LogP contribution in [0.5, 0.6) is 5.75 Å². The van der Waals surface area contributed by atoms with Crippen LogP contribution in [0.25, 0.3) is 0 Å². The molecule has 0 heterocycles. The molecule has 1 aromatic rings. The Morgan fingerprint density at radius 1 is 1.19 bits per heavy atom. The Kier molecular flexibility index (Phi) is 10.6. The fraction of sp³-hybridized carbons (Fsp3) is 0.474. The number of ether oxygens (including phenoxy) is 1. The van der Waals surface area contributed by atoms with Crippen LogP contribution in [0.2, 0.25) is 0 Å². The van der Waals surface area contributed by atoms with Crippen molar-refractivity contribution in [1.29, 1.82) is 0 Å². The maximum Gasteiger partial charge on any atom is 0.334 e. The second-order valence-corrected chi connectivity index (χ2v) is 7.23. The summed E-state index contributed by atoms with van der Waals surface area (Å²) in [5, 5.41) is 15.6. The summed E-state index contributed by atoms with van der Waals surface area (Å²) >= 11 is 0. The van der Waals surface area contributed by atoms with E-state index in [1.807, 2.05) is 0 Å². The SMILES string of the molecule is CC(C)[C@@H](N)C(=O)NCC(=O)N[C@@H](CCCN=C(N)N)C(=O)Oc1ccc([N+](=O)[O-])cc1. The first-order chi connectivity index (χ1) is 15.0. The molecule has 2 atom stereocenters. The number of nitrogens with two attached hydrogens (primary N) is 3. The van der Waals surface area contributed by atoms with Gasteiger partial charge in [0.05, 0.1) is 17.5 Å². The number of carbonyl (C=O) groups is 3. The van der Waals surface area contributed by atoms with E-state index in [0.29, 0.717) is 6.42 Å². The van der Waals surface area contributed by atoms with Crippen LogP contribution >= 0.6 is 0 Å². The molecule has 176 valence electrons. The molecular weight excluding hydrogens is 422 g/mol. The van der Waals surface area contributed by atoms with Gasteiger partial charge in [0.2, 0.25) is 11.8 Å². The van der Waals surface area contributed by atoms with E-state index in [2.05, 4.69) is 15.6 Å². The first-order valence-corrected chi connectivity index (χ1v) is 9.85. The number of hydrogen-bond acceptors (Lipinski definition) is 8. The summed E-state index contributed by atoms with van der Waals surface area (Å²) in [5.74, 6) is -2.06. The van der Waals surface area contributed by atoms with Crippen molar-refractivity contribution in [2.24, 2.45) is 28.1 Å². The number of carbonyl (C=O) groups excluding carboxylic acids is 3. The van der Waals surface area contributed by atoms with Gasteiger partial charge in [0.1, 0.15) is 11.8 Å². The molecule has 1 rings (SSSR count). The smallest absolute Gasteiger partial charge is 0.334 e. The molecule has 0 bridgehead atoms. The van der Waals surface area contributed by atoms with Gasteiger partial charge in [-0.25, -0.2) is 4.79 Å². The van der Waals surface area contributed by atoms with Crippen molar-refractivity contribution in [2.75, 3.05) is 13.1 Å². The Morgan fingerprint density at radius 2 is 1.81 bits per heavy atom. The lowest BCUT2D eigenvalue weighted by Gasteiger charge is -2.19. The zero-order valence-electron chi connectivity index (χ0n) is 17.9. The summed E-state index contributed by atoms with van der Waals surface area (Å²) in [5.41, 5.74) is 16.1. The Balaban J connectivity index is 2.76. The predicted molar refractivity (Wildman–Crippen MR) is 116 cm³/mol. The largest absolute Gasteiger partial charge is 0.425 e. The molecule has 1 aromatic carbocycles. The molecule has 0 saturated heterocycles. The van der Waals surface area contributed by atoms with Crippen LogP contribution in [-0.2, 0) is 14.4 Å². The molecule has 32 heavy (non-hydrogen) atoms. The van der Waals surface area contributed by atoms with E-state index in [1.54, 1.807) is 13.8 Å². The topological polar surface area (TPSA) is 218 Å². The fourth-order valence-electron chi connectivity index (χ4n) is 2.41. The predicted octanol–water partition coefficient (Wildman–Crippen LogP) is -0.862. The van der Waals surface area contributed by atoms with Gasteiger partial charge in [-0.05, 0) is 30.9 Å². The lowest BCUT2D eigenvalue weighted by Crippen LogP contribution is -2.50. The molecule has 0 aromatic heterocycles. The van der Waals surface area contributed by atoms with Crippen LogP contribution < -0.4 is 32.6 Å². The van der Waals surface area contributed by atoms with E-state index < -0.39 is 34.8 Å². The molecule has 0 aliphatic rings. The average Bonchev–Trinajstić information content (AvgIpc) is 2.73. The minimum atomic E-state index is -1.07. The van der Waals surface area contributed by atoms with Crippen molar-refractivity contribution < 1.29 is 24.0 Å². The van der Waals surface area contributed by atoms with Crippen molar-refractivity contribution in [3.8, 4) is 5.75 Å². The molecule has 0 aliphatic carbocycles. The lowest BCUT2D eigenvalue weighted by molar-refractivity contribution is -0.384. The number of aliphatic imine (C=N–C) groups is 1. The highest BCUT2D eigenvalue weighted by Crippen LogP contribution is 2.18. The standard InChI is InChI=1S/C19H29N7O6/c1-11(2)16(20)17(28)24-10-15(27)25-14(4-3-9-23-19(21)22)18(29)32-13-7-5-12(6-8-13)26(30)31/h5-8,11,14,16H,3-4,9-10,20H2,1-2H3,(H,24,28)(H,25,27)(H4,21,22,23)/t14-,16+/m0/s1. The average molecular weight is 451 g/mol. The normalized spacial score (nSPS) is 12.4. The van der Waals surface area contributed by atoms with Crippen LogP contribution in [0.3, 0.4) is 0 Å². The van der Waals surface area contributed by atoms with Gasteiger partial charge in [-0.15, -0.1) is 0 Å². The Morgan fingerprint density at radius 3 is 2.34 bits per heavy atom. The molecule has 13 nitrogen and oxygen atoms in total. The number of rotatable bonds is 12. The number of nitro benzene ring substituents is 1. The monoisotopic (exact) mass is 451 g/mol. The number of amides is 2. The summed E-state index contributed by atoms with van der Waals surface area (Å²) in [7, 11) is 0. The van der Waals surface area contributed by atoms with Crippen molar-refractivity contribution in [3.63, 3.8) is 0 Å². The van der Waals surface area contributed by atoms with Gasteiger partial charge in [-0.2, -0.15) is 0 Å². The summed E-state index contributed by atoms with van der Waals surface area (Å²) in [6.45, 7) is 3.38. The van der Waals surface area contributed by atoms with Gasteiger partial charge in [-0.1, -0.05) is 13.8 Å². The van der Waals surface area contributed by atoms with E-state index in [-0.39, 0.29) is 42.8 Å². The van der Waals surface area contributed by atoms with Gasteiger partial charge >= 0.3 is 5.97 Å². The number of esters is 1. The third-order valence-corrected chi connectivity index (χ3v) is 4.28. The summed E-state index contributed by atoms with van der Waals surface area (Å²) in [6, 6.07) is 3.06. The first kappa shape index (κ1) is 26.3. The quantitative estimate of drug-likeness (QED) is 0.0507. The van der Waals surface area contributed by atoms with Gasteiger partial charge in [0.25, 0.3) is 5.69 Å². The molecule has 8 N–H and O–H groups in total.